The largest absolute Gasteiger partial charge is 0.316 e. The van der Waals surface area contributed by atoms with Crippen molar-refractivity contribution >= 4 is 22.8 Å². The molecule has 4 heteroatoms. The molecule has 13 heavy (non-hydrogen) atoms. The lowest BCUT2D eigenvalue weighted by Crippen LogP contribution is -1.93. The molecule has 0 spiro atoms. The summed E-state index contributed by atoms with van der Waals surface area (Å²) >= 11 is 5.94. The van der Waals surface area contributed by atoms with Crippen LogP contribution in [0.25, 0.3) is 11.2 Å². The molecule has 68 valence electrons. The van der Waals surface area contributed by atoms with Gasteiger partial charge in [0, 0.05) is 7.05 Å². The first-order valence-corrected chi connectivity index (χ1v) is 4.43. The van der Waals surface area contributed by atoms with E-state index in [1.54, 1.807) is 0 Å². The van der Waals surface area contributed by atoms with E-state index in [2.05, 4.69) is 9.97 Å². The van der Waals surface area contributed by atoms with Crippen molar-refractivity contribution in [3.8, 4) is 0 Å². The summed E-state index contributed by atoms with van der Waals surface area (Å²) in [7, 11) is 1.95. The summed E-state index contributed by atoms with van der Waals surface area (Å²) < 4.78 is 1.96. The van der Waals surface area contributed by atoms with E-state index < -0.39 is 0 Å². The van der Waals surface area contributed by atoms with Crippen LogP contribution in [0.3, 0.4) is 0 Å². The van der Waals surface area contributed by atoms with Gasteiger partial charge >= 0.3 is 0 Å². The minimum atomic E-state index is 0.672. The van der Waals surface area contributed by atoms with Crippen molar-refractivity contribution in [2.45, 2.75) is 13.8 Å². The fourth-order valence-electron chi connectivity index (χ4n) is 1.29. The first-order valence-electron chi connectivity index (χ1n) is 4.06. The predicted molar refractivity (Wildman–Crippen MR) is 53.0 cm³/mol. The molecule has 0 saturated heterocycles. The highest BCUT2D eigenvalue weighted by Crippen LogP contribution is 2.19. The van der Waals surface area contributed by atoms with Crippen LogP contribution in [0.2, 0.25) is 5.02 Å². The Kier molecular flexibility index (Phi) is 1.77. The number of rotatable bonds is 0. The van der Waals surface area contributed by atoms with Crippen LogP contribution in [-0.2, 0) is 7.05 Å². The molecule has 2 aromatic rings. The monoisotopic (exact) mass is 195 g/mol. The second-order valence-corrected chi connectivity index (χ2v) is 3.52. The lowest BCUT2D eigenvalue weighted by molar-refractivity contribution is 0.872. The highest BCUT2D eigenvalue weighted by atomic mass is 35.5. The number of aryl methyl sites for hydroxylation is 3. The van der Waals surface area contributed by atoms with Crippen molar-refractivity contribution in [3.05, 3.63) is 22.6 Å². The highest BCUT2D eigenvalue weighted by molar-refractivity contribution is 6.31. The van der Waals surface area contributed by atoms with Gasteiger partial charge in [-0.15, -0.1) is 0 Å². The van der Waals surface area contributed by atoms with Gasteiger partial charge < -0.3 is 4.57 Å². The number of halogens is 1. The zero-order valence-corrected chi connectivity index (χ0v) is 8.55. The van der Waals surface area contributed by atoms with Crippen LogP contribution >= 0.6 is 11.6 Å². The molecule has 0 radical (unpaired) electrons. The number of pyridine rings is 1. The summed E-state index contributed by atoms with van der Waals surface area (Å²) in [6.45, 7) is 3.84. The summed E-state index contributed by atoms with van der Waals surface area (Å²) in [6.07, 6.45) is 0. The van der Waals surface area contributed by atoms with E-state index in [9.17, 15) is 0 Å². The molecule has 0 unspecified atom stereocenters. The van der Waals surface area contributed by atoms with Crippen LogP contribution in [0.1, 0.15) is 11.5 Å². The van der Waals surface area contributed by atoms with Gasteiger partial charge in [-0.05, 0) is 19.9 Å². The van der Waals surface area contributed by atoms with E-state index in [4.69, 9.17) is 11.6 Å². The molecule has 0 aromatic carbocycles. The minimum Gasteiger partial charge on any atom is -0.316 e. The molecule has 0 aliphatic carbocycles. The lowest BCUT2D eigenvalue weighted by atomic mass is 10.3. The molecule has 2 rings (SSSR count). The average molecular weight is 196 g/mol. The van der Waals surface area contributed by atoms with E-state index in [1.165, 1.54) is 0 Å². The Bertz CT molecular complexity index is 473. The maximum atomic E-state index is 5.94. The molecule has 0 amide bonds. The molecule has 0 N–H and O–H groups in total. The molecule has 0 atom stereocenters. The van der Waals surface area contributed by atoms with Crippen molar-refractivity contribution in [1.29, 1.82) is 0 Å². The Labute approximate surface area is 81.4 Å². The maximum absolute atomic E-state index is 5.94. The zero-order chi connectivity index (χ0) is 9.59. The van der Waals surface area contributed by atoms with Crippen LogP contribution in [0.15, 0.2) is 6.07 Å². The molecule has 0 saturated carbocycles. The van der Waals surface area contributed by atoms with Crippen molar-refractivity contribution in [3.63, 3.8) is 0 Å². The SMILES string of the molecule is Cc1nc2c(cc1Cl)nc(C)n2C. The maximum Gasteiger partial charge on any atom is 0.160 e. The van der Waals surface area contributed by atoms with Crippen molar-refractivity contribution in [2.75, 3.05) is 0 Å². The Morgan fingerprint density at radius 1 is 1.31 bits per heavy atom. The van der Waals surface area contributed by atoms with Crippen molar-refractivity contribution in [1.82, 2.24) is 14.5 Å². The van der Waals surface area contributed by atoms with Crippen molar-refractivity contribution < 1.29 is 0 Å². The molecule has 2 aromatic heterocycles. The van der Waals surface area contributed by atoms with Crippen LogP contribution in [-0.4, -0.2) is 14.5 Å². The second-order valence-electron chi connectivity index (χ2n) is 3.12. The molecule has 0 aliphatic heterocycles. The third kappa shape index (κ3) is 1.20. The van der Waals surface area contributed by atoms with E-state index in [0.29, 0.717) is 5.02 Å². The quantitative estimate of drug-likeness (QED) is 0.646. The standard InChI is InChI=1S/C9H10ClN3/c1-5-7(10)4-8-9(11-5)13(3)6(2)12-8/h4H,1-3H3. The molecule has 0 fully saturated rings. The molecular weight excluding hydrogens is 186 g/mol. The Morgan fingerprint density at radius 3 is 2.69 bits per heavy atom. The van der Waals surface area contributed by atoms with Crippen LogP contribution in [0.4, 0.5) is 0 Å². The molecule has 3 nitrogen and oxygen atoms in total. The predicted octanol–water partition coefficient (Wildman–Crippen LogP) is 2.24. The van der Waals surface area contributed by atoms with Gasteiger partial charge in [0.05, 0.1) is 10.7 Å². The lowest BCUT2D eigenvalue weighted by Gasteiger charge is -1.98. The van der Waals surface area contributed by atoms with E-state index in [0.717, 1.165) is 22.7 Å². The average Bonchev–Trinajstić information content (AvgIpc) is 2.32. The summed E-state index contributed by atoms with van der Waals surface area (Å²) in [5, 5.41) is 0.672. The Balaban J connectivity index is 2.89. The Morgan fingerprint density at radius 2 is 2.00 bits per heavy atom. The van der Waals surface area contributed by atoms with Crippen LogP contribution in [0.5, 0.6) is 0 Å². The fraction of sp³-hybridized carbons (Fsp3) is 0.333. The van der Waals surface area contributed by atoms with Gasteiger partial charge in [-0.1, -0.05) is 11.6 Å². The summed E-state index contributed by atoms with van der Waals surface area (Å²) in [4.78, 5) is 8.69. The first kappa shape index (κ1) is 8.51. The highest BCUT2D eigenvalue weighted by Gasteiger charge is 2.07. The molecule has 0 bridgehead atoms. The van der Waals surface area contributed by atoms with Gasteiger partial charge in [-0.3, -0.25) is 0 Å². The second kappa shape index (κ2) is 2.70. The number of fused-ring (bicyclic) bond motifs is 1. The smallest absolute Gasteiger partial charge is 0.160 e. The minimum absolute atomic E-state index is 0.672. The van der Waals surface area contributed by atoms with Gasteiger partial charge in [0.2, 0.25) is 0 Å². The van der Waals surface area contributed by atoms with Gasteiger partial charge in [0.15, 0.2) is 5.65 Å². The van der Waals surface area contributed by atoms with Gasteiger partial charge in [-0.2, -0.15) is 0 Å². The van der Waals surface area contributed by atoms with E-state index in [1.807, 2.05) is 31.5 Å². The zero-order valence-electron chi connectivity index (χ0n) is 7.80. The van der Waals surface area contributed by atoms with Crippen molar-refractivity contribution in [2.24, 2.45) is 7.05 Å². The fourth-order valence-corrected chi connectivity index (χ4v) is 1.44. The Hall–Kier alpha value is -1.09. The number of imidazole rings is 1. The number of aromatic nitrogens is 3. The number of nitrogens with zero attached hydrogens (tertiary/aromatic N) is 3. The topological polar surface area (TPSA) is 30.7 Å². The first-order chi connectivity index (χ1) is 6.09. The van der Waals surface area contributed by atoms with Crippen LogP contribution < -0.4 is 0 Å². The molecular formula is C9H10ClN3. The van der Waals surface area contributed by atoms with Gasteiger partial charge in [0.1, 0.15) is 11.3 Å². The van der Waals surface area contributed by atoms with Crippen LogP contribution in [0, 0.1) is 13.8 Å². The third-order valence-electron chi connectivity index (χ3n) is 2.20. The van der Waals surface area contributed by atoms with Gasteiger partial charge in [0.25, 0.3) is 0 Å². The molecule has 2 heterocycles. The normalized spacial score (nSPS) is 11.1. The van der Waals surface area contributed by atoms with Gasteiger partial charge in [-0.25, -0.2) is 9.97 Å². The third-order valence-corrected chi connectivity index (χ3v) is 2.58. The summed E-state index contributed by atoms with van der Waals surface area (Å²) in [6, 6.07) is 1.85. The summed E-state index contributed by atoms with van der Waals surface area (Å²) in [5.41, 5.74) is 2.59. The van der Waals surface area contributed by atoms with E-state index in [-0.39, 0.29) is 0 Å². The molecule has 0 aliphatic rings. The summed E-state index contributed by atoms with van der Waals surface area (Å²) in [5.74, 6) is 0.948. The number of hydrogen-bond acceptors (Lipinski definition) is 2. The van der Waals surface area contributed by atoms with E-state index >= 15 is 0 Å². The number of hydrogen-bond donors (Lipinski definition) is 0.